The van der Waals surface area contributed by atoms with E-state index in [1.165, 1.54) is 25.7 Å². The van der Waals surface area contributed by atoms with Crippen molar-refractivity contribution in [1.29, 1.82) is 0 Å². The second kappa shape index (κ2) is 9.51. The smallest absolute Gasteiger partial charge is 0.0855 e. The first-order chi connectivity index (χ1) is 9.19. The van der Waals surface area contributed by atoms with Gasteiger partial charge in [-0.1, -0.05) is 18.9 Å². The van der Waals surface area contributed by atoms with Crippen molar-refractivity contribution in [3.63, 3.8) is 0 Å². The molecule has 0 aliphatic carbocycles. The van der Waals surface area contributed by atoms with Gasteiger partial charge in [0.25, 0.3) is 0 Å². The highest BCUT2D eigenvalue weighted by Crippen LogP contribution is 2.16. The van der Waals surface area contributed by atoms with E-state index < -0.39 is 0 Å². The quantitative estimate of drug-likeness (QED) is 0.514. The summed E-state index contributed by atoms with van der Waals surface area (Å²) in [5.41, 5.74) is 0. The van der Waals surface area contributed by atoms with Crippen LogP contribution in [0.4, 0.5) is 0 Å². The van der Waals surface area contributed by atoms with Crippen LogP contribution in [-0.2, 0) is 4.74 Å². The molecule has 1 N–H and O–H groups in total. The first-order valence-electron chi connectivity index (χ1n) is 7.82. The maximum Gasteiger partial charge on any atom is 0.0855 e. The van der Waals surface area contributed by atoms with E-state index in [0.29, 0.717) is 18.2 Å². The van der Waals surface area contributed by atoms with Gasteiger partial charge in [0.05, 0.1) is 12.7 Å². The lowest BCUT2D eigenvalue weighted by molar-refractivity contribution is -0.0557. The molecule has 2 unspecified atom stereocenters. The fourth-order valence-corrected chi connectivity index (χ4v) is 2.75. The van der Waals surface area contributed by atoms with E-state index >= 15 is 0 Å². The highest BCUT2D eigenvalue weighted by molar-refractivity contribution is 4.83. The number of allylic oxidation sites excluding steroid dienone is 1. The van der Waals surface area contributed by atoms with Crippen LogP contribution in [0.5, 0.6) is 0 Å². The summed E-state index contributed by atoms with van der Waals surface area (Å²) in [6.45, 7) is 11.3. The molecule has 19 heavy (non-hydrogen) atoms. The Morgan fingerprint density at radius 1 is 1.37 bits per heavy atom. The second-order valence-corrected chi connectivity index (χ2v) is 5.82. The molecule has 0 spiro atoms. The predicted molar refractivity (Wildman–Crippen MR) is 82.6 cm³/mol. The van der Waals surface area contributed by atoms with Gasteiger partial charge < -0.3 is 10.1 Å². The molecule has 0 radical (unpaired) electrons. The Morgan fingerprint density at radius 2 is 2.16 bits per heavy atom. The van der Waals surface area contributed by atoms with E-state index in [0.717, 1.165) is 26.1 Å². The maximum absolute atomic E-state index is 5.97. The molecular formula is C16H32N2O. The molecule has 0 saturated carbocycles. The molecule has 1 fully saturated rings. The topological polar surface area (TPSA) is 24.5 Å². The molecule has 0 amide bonds. The van der Waals surface area contributed by atoms with Crippen molar-refractivity contribution >= 4 is 0 Å². The zero-order chi connectivity index (χ0) is 14.1. The van der Waals surface area contributed by atoms with Gasteiger partial charge >= 0.3 is 0 Å². The number of rotatable bonds is 9. The Labute approximate surface area is 119 Å². The third-order valence-electron chi connectivity index (χ3n) is 4.10. The average Bonchev–Trinajstić information content (AvgIpc) is 2.43. The number of nitrogens with zero attached hydrogens (tertiary/aromatic N) is 1. The molecule has 0 aromatic carbocycles. The van der Waals surface area contributed by atoms with E-state index in [1.54, 1.807) is 0 Å². The van der Waals surface area contributed by atoms with Crippen molar-refractivity contribution in [1.82, 2.24) is 10.2 Å². The zero-order valence-electron chi connectivity index (χ0n) is 13.0. The first-order valence-corrected chi connectivity index (χ1v) is 7.82. The fourth-order valence-electron chi connectivity index (χ4n) is 2.75. The molecular weight excluding hydrogens is 236 g/mol. The summed E-state index contributed by atoms with van der Waals surface area (Å²) < 4.78 is 5.97. The number of hydrogen-bond acceptors (Lipinski definition) is 3. The number of morpholine rings is 1. The lowest BCUT2D eigenvalue weighted by Crippen LogP contribution is -2.53. The normalized spacial score (nSPS) is 22.6. The van der Waals surface area contributed by atoms with Gasteiger partial charge in [-0.25, -0.2) is 0 Å². The molecule has 1 aliphatic rings. The van der Waals surface area contributed by atoms with Gasteiger partial charge in [-0.2, -0.15) is 0 Å². The van der Waals surface area contributed by atoms with Gasteiger partial charge in [-0.15, -0.1) is 6.58 Å². The zero-order valence-corrected chi connectivity index (χ0v) is 13.0. The largest absolute Gasteiger partial charge is 0.374 e. The van der Waals surface area contributed by atoms with Crippen LogP contribution in [0.3, 0.4) is 0 Å². The number of ether oxygens (including phenoxy) is 1. The van der Waals surface area contributed by atoms with Gasteiger partial charge in [-0.05, 0) is 40.2 Å². The Bertz CT molecular complexity index is 243. The third kappa shape index (κ3) is 6.07. The molecule has 0 bridgehead atoms. The molecule has 0 aromatic heterocycles. The van der Waals surface area contributed by atoms with Crippen LogP contribution in [-0.4, -0.2) is 49.8 Å². The number of likely N-dealkylation sites (N-methyl/N-ethyl adjacent to an activating group) is 1. The standard InChI is InChI=1S/C16H32N2O/c1-5-6-7-8-9-10-15(17-4)16-13-18(14(2)3)11-12-19-16/h5,14-17H,1,6-13H2,2-4H3. The number of hydrogen-bond donors (Lipinski definition) is 1. The van der Waals surface area contributed by atoms with Gasteiger partial charge in [-0.3, -0.25) is 4.90 Å². The Balaban J connectivity index is 2.30. The van der Waals surface area contributed by atoms with E-state index in [9.17, 15) is 0 Å². The highest BCUT2D eigenvalue weighted by atomic mass is 16.5. The van der Waals surface area contributed by atoms with Crippen molar-refractivity contribution in [2.45, 2.75) is 64.1 Å². The Hall–Kier alpha value is -0.380. The third-order valence-corrected chi connectivity index (χ3v) is 4.10. The van der Waals surface area contributed by atoms with Crippen LogP contribution in [0.1, 0.15) is 46.0 Å². The van der Waals surface area contributed by atoms with Crippen LogP contribution in [0.25, 0.3) is 0 Å². The summed E-state index contributed by atoms with van der Waals surface area (Å²) in [5, 5.41) is 3.45. The summed E-state index contributed by atoms with van der Waals surface area (Å²) in [5.74, 6) is 0. The monoisotopic (exact) mass is 268 g/mol. The van der Waals surface area contributed by atoms with E-state index in [1.807, 2.05) is 6.08 Å². The second-order valence-electron chi connectivity index (χ2n) is 5.82. The summed E-state index contributed by atoms with van der Waals surface area (Å²) in [6.07, 6.45) is 8.56. The molecule has 112 valence electrons. The molecule has 0 aromatic rings. The van der Waals surface area contributed by atoms with Crippen LogP contribution < -0.4 is 5.32 Å². The van der Waals surface area contributed by atoms with Crippen LogP contribution in [0.15, 0.2) is 12.7 Å². The molecule has 1 aliphatic heterocycles. The molecule has 1 rings (SSSR count). The van der Waals surface area contributed by atoms with Crippen molar-refractivity contribution in [2.75, 3.05) is 26.7 Å². The van der Waals surface area contributed by atoms with Crippen molar-refractivity contribution in [2.24, 2.45) is 0 Å². The summed E-state index contributed by atoms with van der Waals surface area (Å²) in [7, 11) is 2.06. The summed E-state index contributed by atoms with van der Waals surface area (Å²) >= 11 is 0. The summed E-state index contributed by atoms with van der Waals surface area (Å²) in [6, 6.07) is 1.11. The number of unbranched alkanes of at least 4 members (excludes halogenated alkanes) is 3. The predicted octanol–water partition coefficient (Wildman–Crippen LogP) is 2.82. The lowest BCUT2D eigenvalue weighted by Gasteiger charge is -2.39. The van der Waals surface area contributed by atoms with Crippen LogP contribution in [0, 0.1) is 0 Å². The Morgan fingerprint density at radius 3 is 2.79 bits per heavy atom. The minimum absolute atomic E-state index is 0.348. The van der Waals surface area contributed by atoms with Crippen molar-refractivity contribution in [3.8, 4) is 0 Å². The van der Waals surface area contributed by atoms with Crippen LogP contribution >= 0.6 is 0 Å². The SMILES string of the molecule is C=CCCCCCC(NC)C1CN(C(C)C)CCO1. The van der Waals surface area contributed by atoms with Gasteiger partial charge in [0.1, 0.15) is 0 Å². The van der Waals surface area contributed by atoms with Gasteiger partial charge in [0.15, 0.2) is 0 Å². The van der Waals surface area contributed by atoms with E-state index in [4.69, 9.17) is 4.74 Å². The minimum Gasteiger partial charge on any atom is -0.374 e. The van der Waals surface area contributed by atoms with E-state index in [-0.39, 0.29) is 0 Å². The first kappa shape index (κ1) is 16.7. The van der Waals surface area contributed by atoms with Crippen LogP contribution in [0.2, 0.25) is 0 Å². The fraction of sp³-hybridized carbons (Fsp3) is 0.875. The molecule has 3 nitrogen and oxygen atoms in total. The minimum atomic E-state index is 0.348. The average molecular weight is 268 g/mol. The van der Waals surface area contributed by atoms with Crippen molar-refractivity contribution < 1.29 is 4.74 Å². The molecule has 3 heteroatoms. The Kier molecular flexibility index (Phi) is 8.35. The lowest BCUT2D eigenvalue weighted by atomic mass is 10.0. The summed E-state index contributed by atoms with van der Waals surface area (Å²) in [4.78, 5) is 2.52. The maximum atomic E-state index is 5.97. The molecule has 1 heterocycles. The van der Waals surface area contributed by atoms with Gasteiger partial charge in [0, 0.05) is 25.2 Å². The number of nitrogens with one attached hydrogen (secondary N) is 1. The molecule has 1 saturated heterocycles. The van der Waals surface area contributed by atoms with Gasteiger partial charge in [0.2, 0.25) is 0 Å². The van der Waals surface area contributed by atoms with Crippen molar-refractivity contribution in [3.05, 3.63) is 12.7 Å². The molecule has 2 atom stereocenters. The van der Waals surface area contributed by atoms with E-state index in [2.05, 4.69) is 37.7 Å². The highest BCUT2D eigenvalue weighted by Gasteiger charge is 2.27.